The second-order valence-electron chi connectivity index (χ2n) is 5.38. The zero-order chi connectivity index (χ0) is 15.4. The topological polar surface area (TPSA) is 39.1 Å². The SMILES string of the molecule is CCOc1ccc(C(C)NCc2c(C)nn(C)c2C)cc1. The monoisotopic (exact) mass is 287 g/mol. The quantitative estimate of drug-likeness (QED) is 0.886. The molecular weight excluding hydrogens is 262 g/mol. The van der Waals surface area contributed by atoms with Gasteiger partial charge in [-0.25, -0.2) is 0 Å². The van der Waals surface area contributed by atoms with Gasteiger partial charge in [-0.05, 0) is 45.4 Å². The zero-order valence-electron chi connectivity index (χ0n) is 13.6. The molecule has 1 heterocycles. The van der Waals surface area contributed by atoms with E-state index in [-0.39, 0.29) is 0 Å². The maximum Gasteiger partial charge on any atom is 0.119 e. The van der Waals surface area contributed by atoms with Gasteiger partial charge in [0, 0.05) is 30.9 Å². The number of ether oxygens (including phenoxy) is 1. The normalized spacial score (nSPS) is 12.4. The van der Waals surface area contributed by atoms with Crippen molar-refractivity contribution < 1.29 is 4.74 Å². The highest BCUT2D eigenvalue weighted by molar-refractivity contribution is 5.29. The van der Waals surface area contributed by atoms with Gasteiger partial charge in [-0.2, -0.15) is 5.10 Å². The summed E-state index contributed by atoms with van der Waals surface area (Å²) in [4.78, 5) is 0. The molecule has 0 aliphatic rings. The van der Waals surface area contributed by atoms with Crippen molar-refractivity contribution in [3.05, 3.63) is 46.8 Å². The van der Waals surface area contributed by atoms with Crippen LogP contribution in [0.25, 0.3) is 0 Å². The first-order valence-electron chi connectivity index (χ1n) is 7.48. The summed E-state index contributed by atoms with van der Waals surface area (Å²) in [7, 11) is 1.99. The lowest BCUT2D eigenvalue weighted by Gasteiger charge is -2.15. The lowest BCUT2D eigenvalue weighted by atomic mass is 10.1. The van der Waals surface area contributed by atoms with E-state index in [1.165, 1.54) is 16.8 Å². The van der Waals surface area contributed by atoms with Gasteiger partial charge in [0.1, 0.15) is 5.75 Å². The van der Waals surface area contributed by atoms with Crippen molar-refractivity contribution in [1.29, 1.82) is 0 Å². The summed E-state index contributed by atoms with van der Waals surface area (Å²) in [5, 5.41) is 8.02. The van der Waals surface area contributed by atoms with Gasteiger partial charge in [0.05, 0.1) is 12.3 Å². The van der Waals surface area contributed by atoms with Gasteiger partial charge in [-0.15, -0.1) is 0 Å². The molecule has 0 amide bonds. The molecule has 0 fully saturated rings. The number of hydrogen-bond acceptors (Lipinski definition) is 3. The standard InChI is InChI=1S/C17H25N3O/c1-6-21-16-9-7-15(8-10-16)12(2)18-11-17-13(3)19-20(5)14(17)4/h7-10,12,18H,6,11H2,1-5H3. The van der Waals surface area contributed by atoms with Crippen LogP contribution in [0.4, 0.5) is 0 Å². The van der Waals surface area contributed by atoms with Crippen LogP contribution in [-0.4, -0.2) is 16.4 Å². The van der Waals surface area contributed by atoms with Crippen LogP contribution in [0, 0.1) is 13.8 Å². The Morgan fingerprint density at radius 3 is 2.43 bits per heavy atom. The highest BCUT2D eigenvalue weighted by atomic mass is 16.5. The van der Waals surface area contributed by atoms with E-state index >= 15 is 0 Å². The van der Waals surface area contributed by atoms with E-state index in [0.29, 0.717) is 12.6 Å². The number of nitrogens with one attached hydrogen (secondary N) is 1. The minimum atomic E-state index is 0.291. The minimum Gasteiger partial charge on any atom is -0.494 e. The number of rotatable bonds is 6. The summed E-state index contributed by atoms with van der Waals surface area (Å²) < 4.78 is 7.41. The van der Waals surface area contributed by atoms with Gasteiger partial charge < -0.3 is 10.1 Å². The number of aromatic nitrogens is 2. The molecule has 2 rings (SSSR count). The Bertz CT molecular complexity index is 587. The van der Waals surface area contributed by atoms with Crippen LogP contribution >= 0.6 is 0 Å². The molecule has 2 aromatic rings. The molecule has 21 heavy (non-hydrogen) atoms. The molecule has 0 saturated carbocycles. The zero-order valence-corrected chi connectivity index (χ0v) is 13.6. The molecule has 114 valence electrons. The average molecular weight is 287 g/mol. The van der Waals surface area contributed by atoms with Crippen molar-refractivity contribution in [3.63, 3.8) is 0 Å². The minimum absolute atomic E-state index is 0.291. The van der Waals surface area contributed by atoms with Crippen LogP contribution < -0.4 is 10.1 Å². The molecule has 0 aliphatic heterocycles. The first kappa shape index (κ1) is 15.6. The van der Waals surface area contributed by atoms with Gasteiger partial charge in [0.2, 0.25) is 0 Å². The summed E-state index contributed by atoms with van der Waals surface area (Å²) in [6.45, 7) is 9.88. The average Bonchev–Trinajstić information content (AvgIpc) is 2.71. The van der Waals surface area contributed by atoms with Crippen molar-refractivity contribution in [1.82, 2.24) is 15.1 Å². The van der Waals surface area contributed by atoms with Gasteiger partial charge in [-0.1, -0.05) is 12.1 Å². The second-order valence-corrected chi connectivity index (χ2v) is 5.38. The van der Waals surface area contributed by atoms with Crippen molar-refractivity contribution in [2.75, 3.05) is 6.61 Å². The molecule has 0 radical (unpaired) electrons. The van der Waals surface area contributed by atoms with Crippen LogP contribution in [-0.2, 0) is 13.6 Å². The third-order valence-corrected chi connectivity index (χ3v) is 3.94. The summed E-state index contributed by atoms with van der Waals surface area (Å²) in [5.41, 5.74) is 4.87. The maximum absolute atomic E-state index is 5.47. The van der Waals surface area contributed by atoms with Crippen molar-refractivity contribution in [3.8, 4) is 5.75 Å². The van der Waals surface area contributed by atoms with E-state index < -0.39 is 0 Å². The van der Waals surface area contributed by atoms with Crippen molar-refractivity contribution in [2.24, 2.45) is 7.05 Å². The predicted molar refractivity (Wildman–Crippen MR) is 85.5 cm³/mol. The molecule has 0 bridgehead atoms. The molecule has 1 aromatic carbocycles. The third-order valence-electron chi connectivity index (χ3n) is 3.94. The summed E-state index contributed by atoms with van der Waals surface area (Å²) in [6, 6.07) is 8.58. The smallest absolute Gasteiger partial charge is 0.119 e. The lowest BCUT2D eigenvalue weighted by molar-refractivity contribution is 0.340. The molecule has 4 nitrogen and oxygen atoms in total. The molecule has 4 heteroatoms. The maximum atomic E-state index is 5.47. The number of aryl methyl sites for hydroxylation is 2. The Balaban J connectivity index is 1.99. The molecule has 1 unspecified atom stereocenters. The van der Waals surface area contributed by atoms with E-state index in [1.54, 1.807) is 0 Å². The summed E-state index contributed by atoms with van der Waals surface area (Å²) in [6.07, 6.45) is 0. The molecular formula is C17H25N3O. The van der Waals surface area contributed by atoms with Crippen molar-refractivity contribution in [2.45, 2.75) is 40.3 Å². The highest BCUT2D eigenvalue weighted by Crippen LogP contribution is 2.19. The van der Waals surface area contributed by atoms with Gasteiger partial charge in [-0.3, -0.25) is 4.68 Å². The van der Waals surface area contributed by atoms with Gasteiger partial charge in [0.15, 0.2) is 0 Å². The van der Waals surface area contributed by atoms with Crippen LogP contribution in [0.2, 0.25) is 0 Å². The van der Waals surface area contributed by atoms with E-state index in [2.05, 4.69) is 43.3 Å². The molecule has 0 aliphatic carbocycles. The fourth-order valence-corrected chi connectivity index (χ4v) is 2.47. The number of nitrogens with zero attached hydrogens (tertiary/aromatic N) is 2. The van der Waals surface area contributed by atoms with Crippen LogP contribution in [0.15, 0.2) is 24.3 Å². The Morgan fingerprint density at radius 2 is 1.90 bits per heavy atom. The fourth-order valence-electron chi connectivity index (χ4n) is 2.47. The molecule has 0 spiro atoms. The predicted octanol–water partition coefficient (Wildman–Crippen LogP) is 3.29. The van der Waals surface area contributed by atoms with Crippen LogP contribution in [0.5, 0.6) is 5.75 Å². The number of benzene rings is 1. The Labute approximate surface area is 127 Å². The molecule has 0 saturated heterocycles. The Hall–Kier alpha value is -1.81. The second kappa shape index (κ2) is 6.76. The summed E-state index contributed by atoms with van der Waals surface area (Å²) >= 11 is 0. The van der Waals surface area contributed by atoms with Crippen LogP contribution in [0.1, 0.15) is 42.4 Å². The first-order valence-corrected chi connectivity index (χ1v) is 7.48. The van der Waals surface area contributed by atoms with Gasteiger partial charge in [0.25, 0.3) is 0 Å². The number of hydrogen-bond donors (Lipinski definition) is 1. The summed E-state index contributed by atoms with van der Waals surface area (Å²) in [5.74, 6) is 0.924. The van der Waals surface area contributed by atoms with E-state index in [0.717, 1.165) is 18.0 Å². The lowest BCUT2D eigenvalue weighted by Crippen LogP contribution is -2.18. The molecule has 1 aromatic heterocycles. The first-order chi connectivity index (χ1) is 10.0. The van der Waals surface area contributed by atoms with Gasteiger partial charge >= 0.3 is 0 Å². The van der Waals surface area contributed by atoms with Crippen molar-refractivity contribution >= 4 is 0 Å². The molecule has 1 atom stereocenters. The van der Waals surface area contributed by atoms with E-state index in [4.69, 9.17) is 4.74 Å². The van der Waals surface area contributed by atoms with E-state index in [9.17, 15) is 0 Å². The third kappa shape index (κ3) is 3.64. The van der Waals surface area contributed by atoms with Crippen LogP contribution in [0.3, 0.4) is 0 Å². The Morgan fingerprint density at radius 1 is 1.24 bits per heavy atom. The highest BCUT2D eigenvalue weighted by Gasteiger charge is 2.11. The molecule has 1 N–H and O–H groups in total. The largest absolute Gasteiger partial charge is 0.494 e. The Kier molecular flexibility index (Phi) is 5.02. The van der Waals surface area contributed by atoms with E-state index in [1.807, 2.05) is 30.8 Å². The fraction of sp³-hybridized carbons (Fsp3) is 0.471.